The molecule has 1 aromatic heterocycles. The second kappa shape index (κ2) is 5.31. The molecule has 6 heteroatoms. The fourth-order valence-corrected chi connectivity index (χ4v) is 2.92. The van der Waals surface area contributed by atoms with Crippen molar-refractivity contribution in [2.45, 2.75) is 0 Å². The monoisotopic (exact) mass is 314 g/mol. The van der Waals surface area contributed by atoms with Gasteiger partial charge in [-0.2, -0.15) is 0 Å². The summed E-state index contributed by atoms with van der Waals surface area (Å²) in [6.07, 6.45) is 1.73. The number of nitrogens with one attached hydrogen (secondary N) is 1. The minimum atomic E-state index is -0.275. The average Bonchev–Trinajstić information content (AvgIpc) is 3.19. The molecule has 2 aromatic carbocycles. The molecule has 0 unspecified atom stereocenters. The first kappa shape index (κ1) is 13.1. The van der Waals surface area contributed by atoms with Crippen LogP contribution in [0, 0.1) is 5.82 Å². The molecule has 0 amide bonds. The number of fused-ring (bicyclic) bond motifs is 1. The number of nitrogens with zero attached hydrogens (tertiary/aromatic N) is 1. The van der Waals surface area contributed by atoms with Crippen LogP contribution in [0.15, 0.2) is 48.0 Å². The molecular formula is C16H11FN2O2S. The molecule has 1 N–H and O–H groups in total. The molecule has 4 rings (SSSR count). The normalized spacial score (nSPS) is 12.4. The van der Waals surface area contributed by atoms with Crippen molar-refractivity contribution in [2.24, 2.45) is 0 Å². The van der Waals surface area contributed by atoms with Gasteiger partial charge in [0.05, 0.1) is 11.3 Å². The molecule has 0 aliphatic carbocycles. The maximum absolute atomic E-state index is 13.2. The summed E-state index contributed by atoms with van der Waals surface area (Å²) in [6, 6.07) is 10.1. The Morgan fingerprint density at radius 3 is 2.73 bits per heavy atom. The first-order valence-electron chi connectivity index (χ1n) is 6.66. The molecule has 0 saturated carbocycles. The number of hydrogen-bond donors (Lipinski definition) is 1. The molecular weight excluding hydrogens is 303 g/mol. The summed E-state index contributed by atoms with van der Waals surface area (Å²) in [7, 11) is 0. The molecule has 3 aromatic rings. The number of rotatable bonds is 3. The van der Waals surface area contributed by atoms with Crippen molar-refractivity contribution in [3.05, 3.63) is 53.8 Å². The summed E-state index contributed by atoms with van der Waals surface area (Å²) < 4.78 is 24.2. The maximum Gasteiger partial charge on any atom is 0.231 e. The molecule has 0 bridgehead atoms. The van der Waals surface area contributed by atoms with Gasteiger partial charge in [0.15, 0.2) is 16.6 Å². The first-order chi connectivity index (χ1) is 10.8. The van der Waals surface area contributed by atoms with Crippen LogP contribution in [0.25, 0.3) is 11.1 Å². The molecule has 1 aliphatic rings. The summed E-state index contributed by atoms with van der Waals surface area (Å²) in [5.41, 5.74) is 2.53. The molecule has 2 heterocycles. The zero-order valence-electron chi connectivity index (χ0n) is 11.4. The quantitative estimate of drug-likeness (QED) is 0.777. The van der Waals surface area contributed by atoms with E-state index in [4.69, 9.17) is 9.47 Å². The minimum Gasteiger partial charge on any atom is -0.454 e. The van der Waals surface area contributed by atoms with Crippen molar-refractivity contribution in [1.82, 2.24) is 4.98 Å². The summed E-state index contributed by atoms with van der Waals surface area (Å²) in [5.74, 6) is 1.07. The van der Waals surface area contributed by atoms with Crippen LogP contribution in [0.3, 0.4) is 0 Å². The highest BCUT2D eigenvalue weighted by Gasteiger charge is 2.22. The number of anilines is 2. The van der Waals surface area contributed by atoms with E-state index >= 15 is 0 Å². The topological polar surface area (TPSA) is 43.4 Å². The van der Waals surface area contributed by atoms with Gasteiger partial charge in [0.2, 0.25) is 6.79 Å². The molecule has 1 aliphatic heterocycles. The van der Waals surface area contributed by atoms with Crippen LogP contribution in [0.2, 0.25) is 0 Å². The third-order valence-corrected chi connectivity index (χ3v) is 4.03. The van der Waals surface area contributed by atoms with Gasteiger partial charge in [-0.05, 0) is 29.8 Å². The fraction of sp³-hybridized carbons (Fsp3) is 0.0625. The Morgan fingerprint density at radius 2 is 1.95 bits per heavy atom. The van der Waals surface area contributed by atoms with E-state index in [0.717, 1.165) is 21.9 Å². The number of thiazole rings is 1. The predicted molar refractivity (Wildman–Crippen MR) is 83.4 cm³/mol. The van der Waals surface area contributed by atoms with E-state index in [1.165, 1.54) is 23.5 Å². The molecule has 110 valence electrons. The van der Waals surface area contributed by atoms with Gasteiger partial charge in [-0.1, -0.05) is 12.1 Å². The summed E-state index contributed by atoms with van der Waals surface area (Å²) in [4.78, 5) is 4.23. The smallest absolute Gasteiger partial charge is 0.231 e. The Kier molecular flexibility index (Phi) is 3.16. The van der Waals surface area contributed by atoms with Crippen LogP contribution in [0.1, 0.15) is 0 Å². The van der Waals surface area contributed by atoms with E-state index < -0.39 is 0 Å². The number of benzene rings is 2. The molecule has 22 heavy (non-hydrogen) atoms. The zero-order valence-corrected chi connectivity index (χ0v) is 12.2. The Morgan fingerprint density at radius 1 is 1.09 bits per heavy atom. The number of ether oxygens (including phenoxy) is 2. The number of halogens is 1. The fourth-order valence-electron chi connectivity index (χ4n) is 2.38. The van der Waals surface area contributed by atoms with Gasteiger partial charge in [0, 0.05) is 11.6 Å². The second-order valence-corrected chi connectivity index (χ2v) is 5.59. The standard InChI is InChI=1S/C16H11FN2O2S/c17-11-3-1-10(2-4-11)14-12(19-16-18-7-8-22-16)5-6-13-15(14)21-9-20-13/h1-8H,9H2,(H,18,19). The van der Waals surface area contributed by atoms with E-state index in [-0.39, 0.29) is 12.6 Å². The SMILES string of the molecule is Fc1ccc(-c2c(Nc3nccs3)ccc3c2OCO3)cc1. The highest BCUT2D eigenvalue weighted by atomic mass is 32.1. The highest BCUT2D eigenvalue weighted by molar-refractivity contribution is 7.13. The van der Waals surface area contributed by atoms with Crippen molar-refractivity contribution >= 4 is 22.2 Å². The van der Waals surface area contributed by atoms with E-state index in [0.29, 0.717) is 11.5 Å². The number of aromatic nitrogens is 1. The second-order valence-electron chi connectivity index (χ2n) is 4.69. The van der Waals surface area contributed by atoms with Crippen molar-refractivity contribution in [3.8, 4) is 22.6 Å². The van der Waals surface area contributed by atoms with E-state index in [2.05, 4.69) is 10.3 Å². The lowest BCUT2D eigenvalue weighted by Gasteiger charge is -2.13. The Bertz CT molecular complexity index is 804. The minimum absolute atomic E-state index is 0.185. The molecule has 0 spiro atoms. The lowest BCUT2D eigenvalue weighted by molar-refractivity contribution is 0.174. The molecule has 0 saturated heterocycles. The highest BCUT2D eigenvalue weighted by Crippen LogP contribution is 2.46. The van der Waals surface area contributed by atoms with Crippen LogP contribution < -0.4 is 14.8 Å². The summed E-state index contributed by atoms with van der Waals surface area (Å²) >= 11 is 1.50. The van der Waals surface area contributed by atoms with E-state index in [1.54, 1.807) is 18.3 Å². The van der Waals surface area contributed by atoms with Crippen LogP contribution in [-0.4, -0.2) is 11.8 Å². The van der Waals surface area contributed by atoms with Gasteiger partial charge in [-0.15, -0.1) is 11.3 Å². The molecule has 0 radical (unpaired) electrons. The molecule has 0 fully saturated rings. The van der Waals surface area contributed by atoms with E-state index in [1.807, 2.05) is 17.5 Å². The van der Waals surface area contributed by atoms with E-state index in [9.17, 15) is 4.39 Å². The van der Waals surface area contributed by atoms with Crippen molar-refractivity contribution in [1.29, 1.82) is 0 Å². The van der Waals surface area contributed by atoms with Crippen molar-refractivity contribution in [3.63, 3.8) is 0 Å². The summed E-state index contributed by atoms with van der Waals surface area (Å²) in [5, 5.41) is 5.95. The van der Waals surface area contributed by atoms with Crippen LogP contribution >= 0.6 is 11.3 Å². The third-order valence-electron chi connectivity index (χ3n) is 3.35. The van der Waals surface area contributed by atoms with Gasteiger partial charge in [0.1, 0.15) is 5.82 Å². The lowest BCUT2D eigenvalue weighted by atomic mass is 10.0. The van der Waals surface area contributed by atoms with Crippen molar-refractivity contribution < 1.29 is 13.9 Å². The van der Waals surface area contributed by atoms with Crippen LogP contribution in [0.5, 0.6) is 11.5 Å². The number of hydrogen-bond acceptors (Lipinski definition) is 5. The van der Waals surface area contributed by atoms with Gasteiger partial charge in [-0.3, -0.25) is 0 Å². The Balaban J connectivity index is 1.86. The largest absolute Gasteiger partial charge is 0.454 e. The van der Waals surface area contributed by atoms with Crippen LogP contribution in [-0.2, 0) is 0 Å². The predicted octanol–water partition coefficient (Wildman–Crippen LogP) is 4.42. The Hall–Kier alpha value is -2.60. The Labute approximate surface area is 130 Å². The first-order valence-corrected chi connectivity index (χ1v) is 7.54. The lowest BCUT2D eigenvalue weighted by Crippen LogP contribution is -1.96. The van der Waals surface area contributed by atoms with Gasteiger partial charge < -0.3 is 14.8 Å². The average molecular weight is 314 g/mol. The molecule has 0 atom stereocenters. The van der Waals surface area contributed by atoms with Gasteiger partial charge in [-0.25, -0.2) is 9.37 Å². The summed E-state index contributed by atoms with van der Waals surface area (Å²) in [6.45, 7) is 0.185. The van der Waals surface area contributed by atoms with Gasteiger partial charge in [0.25, 0.3) is 0 Å². The van der Waals surface area contributed by atoms with Gasteiger partial charge >= 0.3 is 0 Å². The van der Waals surface area contributed by atoms with Crippen LogP contribution in [0.4, 0.5) is 15.2 Å². The third kappa shape index (κ3) is 2.27. The molecule has 4 nitrogen and oxygen atoms in total. The zero-order chi connectivity index (χ0) is 14.9. The maximum atomic E-state index is 13.2. The van der Waals surface area contributed by atoms with Crippen molar-refractivity contribution in [2.75, 3.05) is 12.1 Å².